The molecule has 0 bridgehead atoms. The van der Waals surface area contributed by atoms with Crippen LogP contribution in [0.4, 0.5) is 0 Å². The number of imide groups is 1. The maximum Gasteiger partial charge on any atom is 0.322 e. The van der Waals surface area contributed by atoms with Gasteiger partial charge in [-0.15, -0.1) is 0 Å². The number of nitrogens with one attached hydrogen (secondary N) is 1. The lowest BCUT2D eigenvalue weighted by molar-refractivity contribution is -0.137. The molecule has 2 N–H and O–H groups in total. The van der Waals surface area contributed by atoms with E-state index in [1.54, 1.807) is 18.2 Å². The first-order valence-electron chi connectivity index (χ1n) is 6.54. The van der Waals surface area contributed by atoms with Crippen LogP contribution in [0, 0.1) is 0 Å². The molecule has 7 nitrogen and oxygen atoms in total. The zero-order chi connectivity index (χ0) is 16.3. The van der Waals surface area contributed by atoms with E-state index >= 15 is 0 Å². The third kappa shape index (κ3) is 3.51. The summed E-state index contributed by atoms with van der Waals surface area (Å²) >= 11 is 3.25. The van der Waals surface area contributed by atoms with Crippen molar-refractivity contribution in [1.82, 2.24) is 10.2 Å². The van der Waals surface area contributed by atoms with Crippen LogP contribution in [0.15, 0.2) is 22.7 Å². The fourth-order valence-corrected chi connectivity index (χ4v) is 2.49. The zero-order valence-corrected chi connectivity index (χ0v) is 13.1. The molecule has 1 heterocycles. The van der Waals surface area contributed by atoms with Gasteiger partial charge in [-0.25, -0.2) is 0 Å². The molecule has 1 aromatic rings. The molecule has 0 fully saturated rings. The van der Waals surface area contributed by atoms with Crippen LogP contribution in [0.1, 0.15) is 33.6 Å². The minimum Gasteiger partial charge on any atom is -0.480 e. The van der Waals surface area contributed by atoms with Crippen LogP contribution in [-0.2, 0) is 9.59 Å². The molecule has 0 aromatic heterocycles. The molecule has 0 spiro atoms. The summed E-state index contributed by atoms with van der Waals surface area (Å²) in [6.45, 7) is -0.329. The van der Waals surface area contributed by atoms with Crippen molar-refractivity contribution in [2.24, 2.45) is 0 Å². The van der Waals surface area contributed by atoms with E-state index in [0.29, 0.717) is 15.6 Å². The van der Waals surface area contributed by atoms with Gasteiger partial charge in [0.15, 0.2) is 0 Å². The van der Waals surface area contributed by atoms with Crippen LogP contribution in [0.3, 0.4) is 0 Å². The number of carbonyl (C=O) groups excluding carboxylic acids is 3. The van der Waals surface area contributed by atoms with Crippen molar-refractivity contribution in [3.63, 3.8) is 0 Å². The van der Waals surface area contributed by atoms with E-state index in [9.17, 15) is 19.2 Å². The minimum absolute atomic E-state index is 0.0460. The number of nitrogens with zero attached hydrogens (tertiary/aromatic N) is 1. The van der Waals surface area contributed by atoms with Gasteiger partial charge in [0.2, 0.25) is 5.91 Å². The van der Waals surface area contributed by atoms with E-state index < -0.39 is 18.4 Å². The van der Waals surface area contributed by atoms with Crippen LogP contribution >= 0.6 is 15.9 Å². The second-order valence-electron chi connectivity index (χ2n) is 4.73. The maximum atomic E-state index is 12.2. The van der Waals surface area contributed by atoms with Gasteiger partial charge in [0.1, 0.15) is 6.54 Å². The van der Waals surface area contributed by atoms with Crippen molar-refractivity contribution < 1.29 is 24.3 Å². The molecule has 2 rings (SSSR count). The largest absolute Gasteiger partial charge is 0.480 e. The van der Waals surface area contributed by atoms with E-state index in [1.807, 2.05) is 0 Å². The molecule has 3 amide bonds. The molecule has 0 aliphatic carbocycles. The Morgan fingerprint density at radius 1 is 1.18 bits per heavy atom. The Morgan fingerprint density at radius 3 is 2.55 bits per heavy atom. The number of carboxylic acids is 1. The number of halogens is 1. The van der Waals surface area contributed by atoms with Gasteiger partial charge in [-0.3, -0.25) is 24.1 Å². The van der Waals surface area contributed by atoms with Gasteiger partial charge in [0, 0.05) is 17.4 Å². The molecule has 0 saturated heterocycles. The van der Waals surface area contributed by atoms with Crippen molar-refractivity contribution >= 4 is 39.6 Å². The summed E-state index contributed by atoms with van der Waals surface area (Å²) in [5, 5.41) is 10.7. The number of hydrogen-bond acceptors (Lipinski definition) is 4. The number of benzene rings is 1. The highest BCUT2D eigenvalue weighted by molar-refractivity contribution is 9.10. The molecule has 1 aliphatic heterocycles. The number of rotatable bonds is 6. The van der Waals surface area contributed by atoms with Crippen LogP contribution in [-0.4, -0.2) is 46.8 Å². The number of amides is 3. The Kier molecular flexibility index (Phi) is 4.92. The smallest absolute Gasteiger partial charge is 0.322 e. The lowest BCUT2D eigenvalue weighted by Crippen LogP contribution is -2.33. The van der Waals surface area contributed by atoms with Crippen molar-refractivity contribution in [2.45, 2.75) is 12.8 Å². The van der Waals surface area contributed by atoms with Crippen LogP contribution in [0.25, 0.3) is 0 Å². The number of carboxylic acid groups (broad SMARTS) is 1. The fraction of sp³-hybridized carbons (Fsp3) is 0.286. The summed E-state index contributed by atoms with van der Waals surface area (Å²) in [5.41, 5.74) is 0.693. The van der Waals surface area contributed by atoms with Crippen LogP contribution in [0.2, 0.25) is 0 Å². The van der Waals surface area contributed by atoms with E-state index in [4.69, 9.17) is 5.11 Å². The van der Waals surface area contributed by atoms with Gasteiger partial charge in [0.05, 0.1) is 11.1 Å². The molecule has 0 atom stereocenters. The summed E-state index contributed by atoms with van der Waals surface area (Å²) in [5.74, 6) is -2.31. The average Bonchev–Trinajstić information content (AvgIpc) is 2.69. The lowest BCUT2D eigenvalue weighted by atomic mass is 10.1. The van der Waals surface area contributed by atoms with E-state index in [1.165, 1.54) is 0 Å². The Bertz CT molecular complexity index is 659. The molecule has 0 unspecified atom stereocenters. The molecular formula is C14H13BrN2O5. The SMILES string of the molecule is O=C(O)CNC(=O)CCCN1C(=O)c2ccc(Br)cc2C1=O. The quantitative estimate of drug-likeness (QED) is 0.729. The van der Waals surface area contributed by atoms with E-state index in [0.717, 1.165) is 4.90 Å². The normalized spacial score (nSPS) is 13.2. The Labute approximate surface area is 134 Å². The Morgan fingerprint density at radius 2 is 1.86 bits per heavy atom. The third-order valence-electron chi connectivity index (χ3n) is 3.16. The Hall–Kier alpha value is -2.22. The predicted octanol–water partition coefficient (Wildman–Crippen LogP) is 1.03. The number of fused-ring (bicyclic) bond motifs is 1. The first kappa shape index (κ1) is 16.2. The fourth-order valence-electron chi connectivity index (χ4n) is 2.13. The van der Waals surface area contributed by atoms with Crippen molar-refractivity contribution in [2.75, 3.05) is 13.1 Å². The lowest BCUT2D eigenvalue weighted by Gasteiger charge is -2.13. The third-order valence-corrected chi connectivity index (χ3v) is 3.65. The molecule has 22 heavy (non-hydrogen) atoms. The van der Waals surface area contributed by atoms with Gasteiger partial charge in [-0.1, -0.05) is 15.9 Å². The zero-order valence-electron chi connectivity index (χ0n) is 11.5. The van der Waals surface area contributed by atoms with Gasteiger partial charge >= 0.3 is 5.97 Å². The summed E-state index contributed by atoms with van der Waals surface area (Å²) in [7, 11) is 0. The molecule has 1 aromatic carbocycles. The van der Waals surface area contributed by atoms with E-state index in [-0.39, 0.29) is 31.2 Å². The van der Waals surface area contributed by atoms with Gasteiger partial charge in [-0.05, 0) is 24.6 Å². The van der Waals surface area contributed by atoms with Crippen molar-refractivity contribution in [3.05, 3.63) is 33.8 Å². The van der Waals surface area contributed by atoms with Crippen molar-refractivity contribution in [3.8, 4) is 0 Å². The predicted molar refractivity (Wildman–Crippen MR) is 79.4 cm³/mol. The van der Waals surface area contributed by atoms with Gasteiger partial charge in [-0.2, -0.15) is 0 Å². The number of aliphatic carboxylic acids is 1. The maximum absolute atomic E-state index is 12.2. The molecule has 0 radical (unpaired) electrons. The highest BCUT2D eigenvalue weighted by Gasteiger charge is 2.35. The van der Waals surface area contributed by atoms with Crippen LogP contribution < -0.4 is 5.32 Å². The second-order valence-corrected chi connectivity index (χ2v) is 5.64. The highest BCUT2D eigenvalue weighted by atomic mass is 79.9. The summed E-state index contributed by atoms with van der Waals surface area (Å²) in [4.78, 5) is 47.1. The molecule has 8 heteroatoms. The highest BCUT2D eigenvalue weighted by Crippen LogP contribution is 2.26. The summed E-state index contributed by atoms with van der Waals surface area (Å²) in [6, 6.07) is 4.86. The van der Waals surface area contributed by atoms with Gasteiger partial charge < -0.3 is 10.4 Å². The van der Waals surface area contributed by atoms with Crippen LogP contribution in [0.5, 0.6) is 0 Å². The topological polar surface area (TPSA) is 104 Å². The number of hydrogen-bond donors (Lipinski definition) is 2. The molecular weight excluding hydrogens is 356 g/mol. The molecule has 0 saturated carbocycles. The second kappa shape index (κ2) is 6.69. The summed E-state index contributed by atoms with van der Waals surface area (Å²) < 4.78 is 0.710. The van der Waals surface area contributed by atoms with E-state index in [2.05, 4.69) is 21.2 Å². The molecule has 116 valence electrons. The first-order valence-corrected chi connectivity index (χ1v) is 7.33. The minimum atomic E-state index is -1.13. The van der Waals surface area contributed by atoms with Crippen molar-refractivity contribution in [1.29, 1.82) is 0 Å². The molecule has 1 aliphatic rings. The first-order chi connectivity index (χ1) is 10.4. The standard InChI is InChI=1S/C14H13BrN2O5/c15-8-3-4-9-10(6-8)14(22)17(13(9)21)5-1-2-11(18)16-7-12(19)20/h3-4,6H,1-2,5,7H2,(H,16,18)(H,19,20). The monoisotopic (exact) mass is 368 g/mol. The van der Waals surface area contributed by atoms with Gasteiger partial charge in [0.25, 0.3) is 11.8 Å². The number of carbonyl (C=O) groups is 4. The average molecular weight is 369 g/mol. The Balaban J connectivity index is 1.90. The summed E-state index contributed by atoms with van der Waals surface area (Å²) in [6.07, 6.45) is 0.322.